The van der Waals surface area contributed by atoms with E-state index in [2.05, 4.69) is 15.5 Å². The van der Waals surface area contributed by atoms with E-state index in [0.29, 0.717) is 0 Å². The van der Waals surface area contributed by atoms with Crippen LogP contribution in [0.5, 0.6) is 0 Å². The number of amides is 1. The molecular weight excluding hydrogens is 419 g/mol. The molecule has 170 valence electrons. The molecule has 12 nitrogen and oxygen atoms in total. The zero-order valence-electron chi connectivity index (χ0n) is 17.7. The van der Waals surface area contributed by atoms with Gasteiger partial charge in [-0.25, -0.2) is 9.78 Å². The summed E-state index contributed by atoms with van der Waals surface area (Å²) in [5.74, 6) is -2.10. The number of nitrogens with two attached hydrogens (primary N) is 1. The van der Waals surface area contributed by atoms with Gasteiger partial charge in [0.25, 0.3) is 5.91 Å². The third-order valence-corrected chi connectivity index (χ3v) is 4.48. The molecule has 0 aliphatic heterocycles. The number of aromatic nitrogens is 1. The summed E-state index contributed by atoms with van der Waals surface area (Å²) in [7, 11) is -1.75. The highest BCUT2D eigenvalue weighted by Gasteiger charge is 2.32. The number of hydrogen-bond acceptors (Lipinski definition) is 11. The lowest BCUT2D eigenvalue weighted by Gasteiger charge is -2.31. The van der Waals surface area contributed by atoms with Gasteiger partial charge < -0.3 is 41.3 Å². The van der Waals surface area contributed by atoms with Crippen molar-refractivity contribution in [2.24, 2.45) is 5.16 Å². The first-order chi connectivity index (χ1) is 13.4. The van der Waals surface area contributed by atoms with Crippen LogP contribution in [0, 0.1) is 0 Å². The molecule has 1 heterocycles. The van der Waals surface area contributed by atoms with Crippen LogP contribution in [-0.4, -0.2) is 78.3 Å². The smallest absolute Gasteiger partial charge is 0.472 e. The number of oxime groups is 1. The maximum Gasteiger partial charge on any atom is 0.472 e. The van der Waals surface area contributed by atoms with Crippen molar-refractivity contribution in [2.45, 2.75) is 58.3 Å². The van der Waals surface area contributed by atoms with E-state index in [1.165, 1.54) is 19.2 Å². The highest BCUT2D eigenvalue weighted by Crippen LogP contribution is 2.19. The minimum Gasteiger partial charge on any atom is -0.478 e. The van der Waals surface area contributed by atoms with E-state index < -0.39 is 42.2 Å². The molecule has 8 N–H and O–H groups in total. The van der Waals surface area contributed by atoms with Crippen LogP contribution in [0.1, 0.15) is 47.2 Å². The fourth-order valence-corrected chi connectivity index (χ4v) is 1.62. The van der Waals surface area contributed by atoms with E-state index in [0.717, 1.165) is 11.3 Å². The van der Waals surface area contributed by atoms with Crippen molar-refractivity contribution in [1.82, 2.24) is 10.3 Å². The monoisotopic (exact) mass is 448 g/mol. The number of rotatable bonds is 8. The Morgan fingerprint density at radius 3 is 2.03 bits per heavy atom. The second kappa shape index (κ2) is 10.7. The van der Waals surface area contributed by atoms with Gasteiger partial charge >= 0.3 is 13.1 Å². The second-order valence-corrected chi connectivity index (χ2v) is 8.62. The number of carboxylic acid groups (broad SMARTS) is 1. The minimum absolute atomic E-state index is 0.0774. The standard InChI is InChI=1S/C10H15BN4O6S.C6H14O2/c1-10(2,8(17)18)21-15-6(5-3-22-9(12)14-5)7(16)13-4-11(19)20;1-5(2,7)6(3,4)8/h3,19-20H,4H2,1-2H3,(H2,12,14)(H,13,16)(H,17,18);7-8H,1-4H3. The molecule has 0 fully saturated rings. The van der Waals surface area contributed by atoms with Gasteiger partial charge in [0, 0.05) is 5.38 Å². The summed E-state index contributed by atoms with van der Waals surface area (Å²) in [6.45, 7) is 8.81. The Hall–Kier alpha value is -2.26. The molecule has 1 aromatic heterocycles. The summed E-state index contributed by atoms with van der Waals surface area (Å²) in [6, 6.07) is 0. The second-order valence-electron chi connectivity index (χ2n) is 7.73. The topological polar surface area (TPSA) is 208 Å². The van der Waals surface area contributed by atoms with Crippen LogP contribution in [0.2, 0.25) is 0 Å². The molecular formula is C16H29BN4O8S. The number of carbonyl (C=O) groups excluding carboxylic acids is 1. The molecule has 14 heteroatoms. The van der Waals surface area contributed by atoms with E-state index in [4.69, 9.17) is 35.9 Å². The molecule has 0 aliphatic carbocycles. The molecule has 0 spiro atoms. The van der Waals surface area contributed by atoms with Gasteiger partial charge in [0.15, 0.2) is 10.8 Å². The Labute approximate surface area is 178 Å². The van der Waals surface area contributed by atoms with Crippen molar-refractivity contribution in [3.05, 3.63) is 11.1 Å². The summed E-state index contributed by atoms with van der Waals surface area (Å²) < 4.78 is 0. The van der Waals surface area contributed by atoms with Crippen molar-refractivity contribution < 1.29 is 39.8 Å². The Morgan fingerprint density at radius 1 is 1.20 bits per heavy atom. The normalized spacial score (nSPS) is 12.5. The number of carboxylic acids is 1. The lowest BCUT2D eigenvalue weighted by molar-refractivity contribution is -0.161. The van der Waals surface area contributed by atoms with E-state index in [-0.39, 0.29) is 16.5 Å². The summed E-state index contributed by atoms with van der Waals surface area (Å²) >= 11 is 1.05. The van der Waals surface area contributed by atoms with E-state index in [1.807, 2.05) is 0 Å². The van der Waals surface area contributed by atoms with Crippen LogP contribution in [0.3, 0.4) is 0 Å². The fraction of sp³-hybridized carbons (Fsp3) is 0.625. The Kier molecular flexibility index (Phi) is 9.88. The number of thiazole rings is 1. The van der Waals surface area contributed by atoms with Crippen molar-refractivity contribution in [2.75, 3.05) is 12.2 Å². The quantitative estimate of drug-likeness (QED) is 0.146. The molecule has 1 rings (SSSR count). The van der Waals surface area contributed by atoms with Crippen molar-refractivity contribution in [3.8, 4) is 0 Å². The Morgan fingerprint density at radius 2 is 1.70 bits per heavy atom. The van der Waals surface area contributed by atoms with E-state index in [9.17, 15) is 9.59 Å². The average molecular weight is 448 g/mol. The summed E-state index contributed by atoms with van der Waals surface area (Å²) in [4.78, 5) is 31.7. The van der Waals surface area contributed by atoms with Crippen LogP contribution < -0.4 is 11.1 Å². The highest BCUT2D eigenvalue weighted by atomic mass is 32.1. The number of nitrogens with zero attached hydrogens (tertiary/aromatic N) is 2. The maximum absolute atomic E-state index is 12.0. The third-order valence-electron chi connectivity index (χ3n) is 3.80. The van der Waals surface area contributed by atoms with Gasteiger partial charge in [0.05, 0.1) is 17.6 Å². The minimum atomic E-state index is -1.75. The number of nitrogen functional groups attached to an aromatic ring is 1. The molecule has 0 aliphatic rings. The average Bonchev–Trinajstić information content (AvgIpc) is 2.97. The molecule has 0 bridgehead atoms. The largest absolute Gasteiger partial charge is 0.478 e. The number of nitrogens with one attached hydrogen (secondary N) is 1. The van der Waals surface area contributed by atoms with E-state index in [1.54, 1.807) is 27.7 Å². The summed E-state index contributed by atoms with van der Waals surface area (Å²) in [5, 5.41) is 52.0. The predicted octanol–water partition coefficient (Wildman–Crippen LogP) is -1.03. The van der Waals surface area contributed by atoms with Gasteiger partial charge in [-0.3, -0.25) is 4.79 Å². The lowest BCUT2D eigenvalue weighted by atomic mass is 9.90. The van der Waals surface area contributed by atoms with E-state index >= 15 is 0 Å². The Bertz CT molecular complexity index is 741. The molecule has 30 heavy (non-hydrogen) atoms. The summed E-state index contributed by atoms with van der Waals surface area (Å²) in [5.41, 5.74) is 1.54. The zero-order valence-corrected chi connectivity index (χ0v) is 18.5. The predicted molar refractivity (Wildman–Crippen MR) is 112 cm³/mol. The molecule has 1 aromatic rings. The molecule has 0 atom stereocenters. The van der Waals surface area contributed by atoms with Crippen LogP contribution in [0.25, 0.3) is 0 Å². The van der Waals surface area contributed by atoms with Gasteiger partial charge in [-0.15, -0.1) is 11.3 Å². The van der Waals surface area contributed by atoms with Gasteiger partial charge in [0.1, 0.15) is 5.69 Å². The van der Waals surface area contributed by atoms with Crippen molar-refractivity contribution in [1.29, 1.82) is 0 Å². The van der Waals surface area contributed by atoms with Crippen molar-refractivity contribution in [3.63, 3.8) is 0 Å². The van der Waals surface area contributed by atoms with Gasteiger partial charge in [-0.1, -0.05) is 5.16 Å². The highest BCUT2D eigenvalue weighted by molar-refractivity contribution is 7.13. The number of aliphatic hydroxyl groups is 2. The SMILES string of the molecule is CC(C)(O)C(C)(C)O.CC(C)(ON=C(C(=O)NCB(O)O)c1csc(N)n1)C(=O)O. The molecule has 0 aromatic carbocycles. The van der Waals surface area contributed by atoms with Gasteiger partial charge in [-0.05, 0) is 41.5 Å². The van der Waals surface area contributed by atoms with Crippen LogP contribution in [0.4, 0.5) is 5.13 Å². The fourth-order valence-electron chi connectivity index (χ4n) is 1.07. The third kappa shape index (κ3) is 9.50. The summed E-state index contributed by atoms with van der Waals surface area (Å²) in [6.07, 6.45) is -0.445. The Balaban J connectivity index is 0.000000890. The first-order valence-electron chi connectivity index (χ1n) is 8.68. The lowest BCUT2D eigenvalue weighted by Crippen LogP contribution is -2.44. The van der Waals surface area contributed by atoms with Crippen LogP contribution >= 0.6 is 11.3 Å². The van der Waals surface area contributed by atoms with Gasteiger partial charge in [0.2, 0.25) is 5.60 Å². The zero-order chi connectivity index (χ0) is 23.9. The molecule has 0 unspecified atom stereocenters. The number of anilines is 1. The first-order valence-corrected chi connectivity index (χ1v) is 9.56. The van der Waals surface area contributed by atoms with Crippen LogP contribution in [0.15, 0.2) is 10.5 Å². The number of aliphatic carboxylic acids is 1. The van der Waals surface area contributed by atoms with Crippen LogP contribution in [-0.2, 0) is 14.4 Å². The molecule has 0 saturated carbocycles. The molecule has 0 radical (unpaired) electrons. The number of carbonyl (C=O) groups is 2. The number of hydrogen-bond donors (Lipinski definition) is 7. The molecule has 0 saturated heterocycles. The van der Waals surface area contributed by atoms with Crippen molar-refractivity contribution >= 4 is 41.2 Å². The van der Waals surface area contributed by atoms with Gasteiger partial charge in [-0.2, -0.15) is 0 Å². The maximum atomic E-state index is 12.0. The first kappa shape index (κ1) is 27.7. The molecule has 1 amide bonds.